The molecule has 1 fully saturated rings. The van der Waals surface area contributed by atoms with Crippen molar-refractivity contribution < 1.29 is 46.1 Å². The third-order valence-electron chi connectivity index (χ3n) is 4.78. The number of hydrogen-bond donors (Lipinski definition) is 4. The second kappa shape index (κ2) is 10.4. The van der Waals surface area contributed by atoms with Crippen molar-refractivity contribution in [3.63, 3.8) is 0 Å². The van der Waals surface area contributed by atoms with E-state index in [1.54, 1.807) is 0 Å². The number of carboxylic acids is 1. The van der Waals surface area contributed by atoms with Crippen LogP contribution in [0.3, 0.4) is 0 Å². The Morgan fingerprint density at radius 1 is 1.26 bits per heavy atom. The summed E-state index contributed by atoms with van der Waals surface area (Å²) in [5, 5.41) is 22.4. The molecule has 0 radical (unpaired) electrons. The molecule has 1 amide bonds. The number of aliphatic hydroxyl groups excluding tert-OH is 1. The number of aryl methyl sites for hydroxylation is 1. The first kappa shape index (κ1) is 27.0. The second-order valence-electron chi connectivity index (χ2n) is 7.41. The lowest BCUT2D eigenvalue weighted by atomic mass is 9.98. The molecule has 2 aromatic rings. The number of piperidine rings is 1. The van der Waals surface area contributed by atoms with Gasteiger partial charge in [0.05, 0.1) is 17.9 Å². The van der Waals surface area contributed by atoms with E-state index in [1.165, 1.54) is 6.92 Å². The van der Waals surface area contributed by atoms with Crippen LogP contribution in [0.4, 0.5) is 32.0 Å². The summed E-state index contributed by atoms with van der Waals surface area (Å²) in [6.45, 7) is 2.10. The highest BCUT2D eigenvalue weighted by Gasteiger charge is 2.38. The number of alkyl halides is 6. The fourth-order valence-electron chi connectivity index (χ4n) is 3.14. The van der Waals surface area contributed by atoms with Crippen molar-refractivity contribution in [1.82, 2.24) is 14.7 Å². The number of halogens is 6. The molecular weight excluding hydrogens is 478 g/mol. The zero-order valence-electron chi connectivity index (χ0n) is 17.5. The number of carbonyl (C=O) groups is 2. The summed E-state index contributed by atoms with van der Waals surface area (Å²) in [5.41, 5.74) is -1.74. The van der Waals surface area contributed by atoms with E-state index in [0.29, 0.717) is 19.2 Å². The molecule has 3 heterocycles. The summed E-state index contributed by atoms with van der Waals surface area (Å²) in [6.07, 6.45) is -7.26. The molecule has 0 spiro atoms. The Kier molecular flexibility index (Phi) is 8.26. The number of nitrogens with zero attached hydrogens (tertiary/aromatic N) is 2. The highest BCUT2D eigenvalue weighted by molar-refractivity contribution is 5.91. The van der Waals surface area contributed by atoms with E-state index < -0.39 is 47.5 Å². The number of aliphatic hydroxyl groups is 1. The second-order valence-corrected chi connectivity index (χ2v) is 7.41. The van der Waals surface area contributed by atoms with Gasteiger partial charge in [-0.05, 0) is 37.9 Å². The van der Waals surface area contributed by atoms with Crippen LogP contribution in [-0.4, -0.2) is 56.3 Å². The van der Waals surface area contributed by atoms with Crippen molar-refractivity contribution in [2.24, 2.45) is 0 Å². The van der Waals surface area contributed by atoms with Crippen molar-refractivity contribution in [2.45, 2.75) is 50.7 Å². The van der Waals surface area contributed by atoms with E-state index in [2.05, 4.69) is 15.6 Å². The average Bonchev–Trinajstić information content (AvgIpc) is 2.71. The maximum atomic E-state index is 13.0. The summed E-state index contributed by atoms with van der Waals surface area (Å²) in [6, 6.07) is 0.477. The van der Waals surface area contributed by atoms with Gasteiger partial charge in [-0.1, -0.05) is 0 Å². The number of anilines is 1. The molecule has 1 saturated heterocycles. The van der Waals surface area contributed by atoms with Crippen LogP contribution >= 0.6 is 0 Å². The van der Waals surface area contributed by atoms with Gasteiger partial charge in [0.1, 0.15) is 11.3 Å². The molecular formula is C19H20F6N4O5. The lowest BCUT2D eigenvalue weighted by molar-refractivity contribution is -0.192. The van der Waals surface area contributed by atoms with Crippen LogP contribution in [0.2, 0.25) is 0 Å². The Hall–Kier alpha value is -3.20. The molecule has 15 heteroatoms. The Morgan fingerprint density at radius 3 is 2.41 bits per heavy atom. The Balaban J connectivity index is 0.000000509. The van der Waals surface area contributed by atoms with Crippen LogP contribution in [-0.2, 0) is 15.8 Å². The topological polar surface area (TPSA) is 133 Å². The van der Waals surface area contributed by atoms with E-state index >= 15 is 0 Å². The van der Waals surface area contributed by atoms with Crippen LogP contribution in [0.1, 0.15) is 30.4 Å². The van der Waals surface area contributed by atoms with Gasteiger partial charge >= 0.3 is 18.3 Å². The SMILES string of the molecule is Cc1cc(C(F)(F)F)cn2c(=O)c(NC(=O)C[C@H]3NCCC[C@@H]3O)cnc12.O=C(O)C(F)(F)F. The van der Waals surface area contributed by atoms with Gasteiger partial charge in [0.2, 0.25) is 5.91 Å². The minimum Gasteiger partial charge on any atom is -0.475 e. The predicted molar refractivity (Wildman–Crippen MR) is 105 cm³/mol. The number of fused-ring (bicyclic) bond motifs is 1. The van der Waals surface area contributed by atoms with Gasteiger partial charge in [-0.2, -0.15) is 26.3 Å². The van der Waals surface area contributed by atoms with Crippen molar-refractivity contribution in [2.75, 3.05) is 11.9 Å². The third-order valence-corrected chi connectivity index (χ3v) is 4.78. The Labute approximate surface area is 187 Å². The van der Waals surface area contributed by atoms with Gasteiger partial charge in [-0.15, -0.1) is 0 Å². The maximum absolute atomic E-state index is 13.0. The minimum atomic E-state index is -5.08. The average molecular weight is 498 g/mol. The normalized spacial score (nSPS) is 18.7. The largest absolute Gasteiger partial charge is 0.490 e. The first-order valence-electron chi connectivity index (χ1n) is 9.72. The fourth-order valence-corrected chi connectivity index (χ4v) is 3.14. The quantitative estimate of drug-likeness (QED) is 0.477. The number of carbonyl (C=O) groups excluding carboxylic acids is 1. The van der Waals surface area contributed by atoms with Crippen LogP contribution < -0.4 is 16.2 Å². The number of rotatable bonds is 3. The molecule has 34 heavy (non-hydrogen) atoms. The molecule has 0 unspecified atom stereocenters. The van der Waals surface area contributed by atoms with E-state index in [1.807, 2.05) is 0 Å². The molecule has 0 aliphatic carbocycles. The molecule has 4 N–H and O–H groups in total. The number of hydrogen-bond acceptors (Lipinski definition) is 6. The number of aliphatic carboxylic acids is 1. The first-order valence-corrected chi connectivity index (χ1v) is 9.72. The van der Waals surface area contributed by atoms with Crippen LogP contribution in [0, 0.1) is 6.92 Å². The predicted octanol–water partition coefficient (Wildman–Crippen LogP) is 2.10. The van der Waals surface area contributed by atoms with Gasteiger partial charge in [-0.3, -0.25) is 14.0 Å². The van der Waals surface area contributed by atoms with Crippen LogP contribution in [0.15, 0.2) is 23.3 Å². The van der Waals surface area contributed by atoms with Crippen molar-refractivity contribution in [1.29, 1.82) is 0 Å². The number of nitrogens with one attached hydrogen (secondary N) is 2. The smallest absolute Gasteiger partial charge is 0.475 e. The van der Waals surface area contributed by atoms with E-state index in [0.717, 1.165) is 23.1 Å². The summed E-state index contributed by atoms with van der Waals surface area (Å²) in [4.78, 5) is 37.6. The van der Waals surface area contributed by atoms with Gasteiger partial charge < -0.3 is 20.8 Å². The summed E-state index contributed by atoms with van der Waals surface area (Å²) >= 11 is 0. The zero-order valence-corrected chi connectivity index (χ0v) is 17.5. The highest BCUT2D eigenvalue weighted by atomic mass is 19.4. The first-order chi connectivity index (χ1) is 15.6. The number of carboxylic acid groups (broad SMARTS) is 1. The van der Waals surface area contributed by atoms with Crippen molar-refractivity contribution in [3.8, 4) is 0 Å². The lowest BCUT2D eigenvalue weighted by Gasteiger charge is -2.28. The summed E-state index contributed by atoms with van der Waals surface area (Å²) in [7, 11) is 0. The van der Waals surface area contributed by atoms with Gasteiger partial charge in [0, 0.05) is 18.7 Å². The van der Waals surface area contributed by atoms with Crippen LogP contribution in [0.5, 0.6) is 0 Å². The summed E-state index contributed by atoms with van der Waals surface area (Å²) < 4.78 is 71.5. The molecule has 3 rings (SSSR count). The molecule has 2 atom stereocenters. The molecule has 1 aliphatic heterocycles. The fraction of sp³-hybridized carbons (Fsp3) is 0.474. The van der Waals surface area contributed by atoms with Gasteiger partial charge in [0.15, 0.2) is 0 Å². The number of amides is 1. The monoisotopic (exact) mass is 498 g/mol. The third kappa shape index (κ3) is 6.90. The molecule has 1 aliphatic rings. The molecule has 9 nitrogen and oxygen atoms in total. The molecule has 0 saturated carbocycles. The lowest BCUT2D eigenvalue weighted by Crippen LogP contribution is -2.46. The van der Waals surface area contributed by atoms with Crippen molar-refractivity contribution >= 4 is 23.2 Å². The summed E-state index contributed by atoms with van der Waals surface area (Å²) in [5.74, 6) is -3.29. The number of aromatic nitrogens is 2. The van der Waals surface area contributed by atoms with Crippen molar-refractivity contribution in [3.05, 3.63) is 39.9 Å². The minimum absolute atomic E-state index is 0.0646. The van der Waals surface area contributed by atoms with E-state index in [9.17, 15) is 41.0 Å². The van der Waals surface area contributed by atoms with E-state index in [-0.39, 0.29) is 23.3 Å². The van der Waals surface area contributed by atoms with Gasteiger partial charge in [-0.25, -0.2) is 9.78 Å². The molecule has 0 aromatic carbocycles. The van der Waals surface area contributed by atoms with Gasteiger partial charge in [0.25, 0.3) is 5.56 Å². The zero-order chi connectivity index (χ0) is 25.8. The molecule has 188 valence electrons. The maximum Gasteiger partial charge on any atom is 0.490 e. The Morgan fingerprint density at radius 2 is 1.88 bits per heavy atom. The molecule has 2 aromatic heterocycles. The number of pyridine rings is 1. The van der Waals surface area contributed by atoms with E-state index in [4.69, 9.17) is 9.90 Å². The molecule has 0 bridgehead atoms. The standard InChI is InChI=1S/C17H19F3N4O3.C2HF3O2/c1-9-5-10(17(18,19)20)8-24-15(9)22-7-12(16(24)27)23-14(26)6-11-13(25)3-2-4-21-11;3-2(4,5)1(6)7/h5,7-8,11,13,21,25H,2-4,6H2,1H3,(H,23,26);(H,6,7)/t11-,13+;/m1./s1. The Bertz CT molecular complexity index is 1120. The highest BCUT2D eigenvalue weighted by Crippen LogP contribution is 2.30. The van der Waals surface area contributed by atoms with Crippen LogP contribution in [0.25, 0.3) is 5.65 Å².